The Balaban J connectivity index is 1.07. The fourth-order valence-electron chi connectivity index (χ4n) is 6.12. The van der Waals surface area contributed by atoms with Crippen LogP contribution >= 0.6 is 0 Å². The van der Waals surface area contributed by atoms with Gasteiger partial charge in [0.2, 0.25) is 0 Å². The number of aromatic nitrogens is 2. The van der Waals surface area contributed by atoms with Crippen molar-refractivity contribution in [3.8, 4) is 17.2 Å². The SMILES string of the molecule is COc1ccc(C(N)=O)c(OC2CC3(CC(NC(=O)c4cnn5c(C6CC6)c(OCC(C)(C)O)ccc45)C3)C2)c1. The van der Waals surface area contributed by atoms with E-state index in [1.807, 2.05) is 16.6 Å². The highest BCUT2D eigenvalue weighted by Crippen LogP contribution is 2.57. The summed E-state index contributed by atoms with van der Waals surface area (Å²) < 4.78 is 19.1. The van der Waals surface area contributed by atoms with Gasteiger partial charge in [0.05, 0.1) is 47.3 Å². The van der Waals surface area contributed by atoms with E-state index in [4.69, 9.17) is 19.9 Å². The number of pyridine rings is 1. The molecule has 1 aromatic carbocycles. The van der Waals surface area contributed by atoms with Gasteiger partial charge >= 0.3 is 0 Å². The molecule has 6 rings (SSSR count). The predicted octanol–water partition coefficient (Wildman–Crippen LogP) is 3.59. The summed E-state index contributed by atoms with van der Waals surface area (Å²) in [6.45, 7) is 3.59. The van der Waals surface area contributed by atoms with Crippen molar-refractivity contribution in [3.63, 3.8) is 0 Å². The van der Waals surface area contributed by atoms with E-state index < -0.39 is 11.5 Å². The van der Waals surface area contributed by atoms with Crippen LogP contribution in [0.25, 0.3) is 5.52 Å². The molecule has 0 radical (unpaired) electrons. The maximum Gasteiger partial charge on any atom is 0.255 e. The summed E-state index contributed by atoms with van der Waals surface area (Å²) in [4.78, 5) is 25.0. The first-order valence-corrected chi connectivity index (χ1v) is 13.9. The molecule has 0 saturated heterocycles. The Morgan fingerprint density at radius 3 is 2.52 bits per heavy atom. The summed E-state index contributed by atoms with van der Waals surface area (Å²) in [6, 6.07) is 8.85. The molecule has 10 nitrogen and oxygen atoms in total. The number of benzene rings is 1. The lowest BCUT2D eigenvalue weighted by Crippen LogP contribution is -2.58. The second-order valence-electron chi connectivity index (χ2n) is 12.3. The number of carbonyl (C=O) groups is 2. The molecule has 40 heavy (non-hydrogen) atoms. The van der Waals surface area contributed by atoms with Crippen molar-refractivity contribution in [1.29, 1.82) is 0 Å². The van der Waals surface area contributed by atoms with Gasteiger partial charge in [-0.1, -0.05) is 0 Å². The maximum absolute atomic E-state index is 13.2. The third-order valence-corrected chi connectivity index (χ3v) is 8.23. The van der Waals surface area contributed by atoms with Gasteiger partial charge in [0, 0.05) is 18.0 Å². The molecule has 212 valence electrons. The van der Waals surface area contributed by atoms with Crippen LogP contribution in [0, 0.1) is 5.41 Å². The van der Waals surface area contributed by atoms with E-state index in [2.05, 4.69) is 10.4 Å². The normalized spacial score (nSPS) is 23.8. The number of nitrogens with one attached hydrogen (secondary N) is 1. The lowest BCUT2D eigenvalue weighted by molar-refractivity contribution is -0.0834. The van der Waals surface area contributed by atoms with Gasteiger partial charge in [-0.3, -0.25) is 9.59 Å². The van der Waals surface area contributed by atoms with Gasteiger partial charge in [-0.15, -0.1) is 0 Å². The van der Waals surface area contributed by atoms with Crippen LogP contribution in [-0.2, 0) is 0 Å². The first kappa shape index (κ1) is 26.4. The standard InChI is InChI=1S/C30H36N4O6/c1-29(2,37)16-39-24-9-8-23-22(15-32-34(23)26(24)17-4-5-17)28(36)33-18-11-30(12-18)13-20(14-30)40-25-10-19(38-3)6-7-21(25)27(31)35/h6-10,15,17-18,20,37H,4-5,11-14,16H2,1-3H3,(H2,31,35)(H,33,36). The molecule has 2 amide bonds. The lowest BCUT2D eigenvalue weighted by atomic mass is 9.53. The Morgan fingerprint density at radius 1 is 1.12 bits per heavy atom. The molecule has 2 aromatic heterocycles. The molecular formula is C30H36N4O6. The van der Waals surface area contributed by atoms with Crippen LogP contribution in [0.15, 0.2) is 36.5 Å². The van der Waals surface area contributed by atoms with Crippen molar-refractivity contribution < 1.29 is 28.9 Å². The monoisotopic (exact) mass is 548 g/mol. The number of carbonyl (C=O) groups excluding carboxylic acids is 2. The van der Waals surface area contributed by atoms with Crippen LogP contribution in [0.4, 0.5) is 0 Å². The highest BCUT2D eigenvalue weighted by Gasteiger charge is 2.54. The van der Waals surface area contributed by atoms with Crippen LogP contribution in [-0.4, -0.2) is 58.0 Å². The Labute approximate surface area is 232 Å². The van der Waals surface area contributed by atoms with Crippen molar-refractivity contribution in [2.45, 2.75) is 76.0 Å². The Bertz CT molecular complexity index is 1460. The van der Waals surface area contributed by atoms with Crippen LogP contribution in [0.5, 0.6) is 17.2 Å². The van der Waals surface area contributed by atoms with Crippen molar-refractivity contribution in [2.24, 2.45) is 11.1 Å². The largest absolute Gasteiger partial charge is 0.497 e. The second kappa shape index (κ2) is 9.69. The zero-order chi connectivity index (χ0) is 28.2. The number of nitrogens with zero attached hydrogens (tertiary/aromatic N) is 2. The second-order valence-corrected chi connectivity index (χ2v) is 12.3. The van der Waals surface area contributed by atoms with E-state index in [1.54, 1.807) is 45.4 Å². The highest BCUT2D eigenvalue weighted by molar-refractivity contribution is 6.01. The zero-order valence-corrected chi connectivity index (χ0v) is 23.1. The number of amides is 2. The number of fused-ring (bicyclic) bond motifs is 1. The van der Waals surface area contributed by atoms with Gasteiger partial charge in [0.25, 0.3) is 11.8 Å². The smallest absolute Gasteiger partial charge is 0.255 e. The van der Waals surface area contributed by atoms with E-state index >= 15 is 0 Å². The highest BCUT2D eigenvalue weighted by atomic mass is 16.5. The van der Waals surface area contributed by atoms with E-state index in [0.29, 0.717) is 34.3 Å². The average molecular weight is 549 g/mol. The topological polar surface area (TPSA) is 137 Å². The zero-order valence-electron chi connectivity index (χ0n) is 23.1. The van der Waals surface area contributed by atoms with E-state index in [1.165, 1.54) is 0 Å². The molecule has 1 spiro atoms. The van der Waals surface area contributed by atoms with Crippen molar-refractivity contribution >= 4 is 17.3 Å². The molecule has 4 N–H and O–H groups in total. The van der Waals surface area contributed by atoms with Crippen LogP contribution < -0.4 is 25.3 Å². The molecule has 3 aliphatic carbocycles. The summed E-state index contributed by atoms with van der Waals surface area (Å²) >= 11 is 0. The molecule has 0 atom stereocenters. The molecule has 2 heterocycles. The summed E-state index contributed by atoms with van der Waals surface area (Å²) in [6.07, 6.45) is 7.23. The molecule has 10 heteroatoms. The van der Waals surface area contributed by atoms with Crippen molar-refractivity contribution in [3.05, 3.63) is 53.3 Å². The van der Waals surface area contributed by atoms with Gasteiger partial charge in [0.1, 0.15) is 23.9 Å². The number of hydrogen-bond donors (Lipinski definition) is 3. The van der Waals surface area contributed by atoms with Gasteiger partial charge in [-0.05, 0) is 82.1 Å². The third kappa shape index (κ3) is 5.08. The number of rotatable bonds is 10. The van der Waals surface area contributed by atoms with Crippen molar-refractivity contribution in [1.82, 2.24) is 14.9 Å². The number of aliphatic hydroxyl groups is 1. The Morgan fingerprint density at radius 2 is 1.88 bits per heavy atom. The molecule has 0 unspecified atom stereocenters. The van der Waals surface area contributed by atoms with Crippen LogP contribution in [0.2, 0.25) is 0 Å². The summed E-state index contributed by atoms with van der Waals surface area (Å²) in [5, 5.41) is 17.8. The first-order chi connectivity index (χ1) is 19.0. The minimum Gasteiger partial charge on any atom is -0.497 e. The fourth-order valence-corrected chi connectivity index (χ4v) is 6.12. The molecule has 3 aromatic rings. The number of nitrogens with two attached hydrogens (primary N) is 1. The molecular weight excluding hydrogens is 512 g/mol. The van der Waals surface area contributed by atoms with Crippen LogP contribution in [0.1, 0.15) is 84.7 Å². The summed E-state index contributed by atoms with van der Waals surface area (Å²) in [7, 11) is 1.56. The Hall–Kier alpha value is -3.79. The quantitative estimate of drug-likeness (QED) is 0.352. The first-order valence-electron chi connectivity index (χ1n) is 13.9. The molecule has 3 fully saturated rings. The van der Waals surface area contributed by atoms with E-state index in [0.717, 1.165) is 49.7 Å². The number of methoxy groups -OCH3 is 1. The summed E-state index contributed by atoms with van der Waals surface area (Å²) in [5.74, 6) is 1.43. The summed E-state index contributed by atoms with van der Waals surface area (Å²) in [5.41, 5.74) is 7.32. The van der Waals surface area contributed by atoms with Crippen molar-refractivity contribution in [2.75, 3.05) is 13.7 Å². The average Bonchev–Trinajstić information content (AvgIpc) is 3.61. The lowest BCUT2D eigenvalue weighted by Gasteiger charge is -2.57. The molecule has 0 bridgehead atoms. The fraction of sp³-hybridized carbons (Fsp3) is 0.500. The van der Waals surface area contributed by atoms with E-state index in [-0.39, 0.29) is 30.1 Å². The van der Waals surface area contributed by atoms with Crippen LogP contribution in [0.3, 0.4) is 0 Å². The number of ether oxygens (including phenoxy) is 3. The third-order valence-electron chi connectivity index (χ3n) is 8.23. The Kier molecular flexibility index (Phi) is 6.40. The van der Waals surface area contributed by atoms with Gasteiger partial charge in [-0.2, -0.15) is 5.10 Å². The number of hydrogen-bond acceptors (Lipinski definition) is 7. The minimum atomic E-state index is -0.945. The predicted molar refractivity (Wildman–Crippen MR) is 147 cm³/mol. The molecule has 3 saturated carbocycles. The van der Waals surface area contributed by atoms with Gasteiger partial charge in [0.15, 0.2) is 0 Å². The van der Waals surface area contributed by atoms with Gasteiger partial charge < -0.3 is 30.4 Å². The molecule has 0 aliphatic heterocycles. The number of primary amides is 1. The van der Waals surface area contributed by atoms with Gasteiger partial charge in [-0.25, -0.2) is 4.52 Å². The molecule has 3 aliphatic rings. The maximum atomic E-state index is 13.2. The van der Waals surface area contributed by atoms with E-state index in [9.17, 15) is 14.7 Å². The minimum absolute atomic E-state index is 0.00450.